The smallest absolute Gasteiger partial charge is 0.241 e. The highest BCUT2D eigenvalue weighted by Crippen LogP contribution is 2.24. The highest BCUT2D eigenvalue weighted by Gasteiger charge is 2.08. The first-order valence-corrected chi connectivity index (χ1v) is 8.52. The van der Waals surface area contributed by atoms with Gasteiger partial charge in [-0.15, -0.1) is 0 Å². The number of likely N-dealkylation sites (N-methyl/N-ethyl adjacent to an activating group) is 1. The minimum absolute atomic E-state index is 0.121. The summed E-state index contributed by atoms with van der Waals surface area (Å²) in [5.74, 6) is 1.00. The second kappa shape index (κ2) is 8.96. The van der Waals surface area contributed by atoms with Crippen LogP contribution in [0.25, 0.3) is 11.1 Å². The summed E-state index contributed by atoms with van der Waals surface area (Å²) in [6, 6.07) is 16.2. The Bertz CT molecular complexity index is 632. The molecule has 4 heteroatoms. The summed E-state index contributed by atoms with van der Waals surface area (Å²) < 4.78 is 5.46. The Hall–Kier alpha value is -2.49. The first-order valence-electron chi connectivity index (χ1n) is 8.52. The lowest BCUT2D eigenvalue weighted by Gasteiger charge is -2.19. The van der Waals surface area contributed by atoms with Gasteiger partial charge in [-0.05, 0) is 56.2 Å². The van der Waals surface area contributed by atoms with Gasteiger partial charge >= 0.3 is 0 Å². The molecule has 1 N–H and O–H groups in total. The summed E-state index contributed by atoms with van der Waals surface area (Å²) in [6.07, 6.45) is 0. The van der Waals surface area contributed by atoms with E-state index < -0.39 is 0 Å². The van der Waals surface area contributed by atoms with Crippen LogP contribution in [-0.2, 0) is 4.79 Å². The number of benzene rings is 2. The molecule has 4 nitrogen and oxygen atoms in total. The largest absolute Gasteiger partial charge is 0.494 e. The third-order valence-electron chi connectivity index (χ3n) is 3.94. The van der Waals surface area contributed by atoms with Gasteiger partial charge in [0.25, 0.3) is 0 Å². The Labute approximate surface area is 144 Å². The van der Waals surface area contributed by atoms with Gasteiger partial charge in [-0.25, -0.2) is 0 Å². The summed E-state index contributed by atoms with van der Waals surface area (Å²) >= 11 is 0. The molecular formula is C20H26N2O2. The van der Waals surface area contributed by atoms with Gasteiger partial charge in [-0.3, -0.25) is 4.79 Å². The van der Waals surface area contributed by atoms with Gasteiger partial charge in [-0.1, -0.05) is 24.3 Å². The molecule has 0 aliphatic heterocycles. The molecule has 0 aromatic heterocycles. The number of nitrogens with one attached hydrogen (secondary N) is 1. The molecule has 0 unspecified atom stereocenters. The van der Waals surface area contributed by atoms with Gasteiger partial charge < -0.3 is 15.0 Å². The average Bonchev–Trinajstić information content (AvgIpc) is 2.62. The van der Waals surface area contributed by atoms with E-state index >= 15 is 0 Å². The van der Waals surface area contributed by atoms with Crippen molar-refractivity contribution in [2.45, 2.75) is 20.8 Å². The summed E-state index contributed by atoms with van der Waals surface area (Å²) in [4.78, 5) is 13.8. The Morgan fingerprint density at radius 3 is 1.96 bits per heavy atom. The Kier molecular flexibility index (Phi) is 6.67. The van der Waals surface area contributed by atoms with Crippen LogP contribution >= 0.6 is 0 Å². The van der Waals surface area contributed by atoms with E-state index in [1.165, 1.54) is 0 Å². The fourth-order valence-corrected chi connectivity index (χ4v) is 2.56. The van der Waals surface area contributed by atoms with E-state index in [0.29, 0.717) is 13.2 Å². The number of hydrogen-bond donors (Lipinski definition) is 1. The van der Waals surface area contributed by atoms with Crippen molar-refractivity contribution in [2.75, 3.05) is 31.6 Å². The number of carbonyl (C=O) groups excluding carboxylic acids is 1. The van der Waals surface area contributed by atoms with E-state index in [9.17, 15) is 4.79 Å². The fraction of sp³-hybridized carbons (Fsp3) is 0.350. The zero-order valence-corrected chi connectivity index (χ0v) is 14.7. The maximum absolute atomic E-state index is 12.0. The second-order valence-electron chi connectivity index (χ2n) is 5.45. The lowest BCUT2D eigenvalue weighted by atomic mass is 10.1. The SMILES string of the molecule is CCOc1ccc(-c2ccc(NCC(=O)N(CC)CC)cc2)cc1. The zero-order chi connectivity index (χ0) is 17.4. The van der Waals surface area contributed by atoms with Gasteiger partial charge in [0.1, 0.15) is 5.75 Å². The number of carbonyl (C=O) groups is 1. The number of ether oxygens (including phenoxy) is 1. The summed E-state index contributed by atoms with van der Waals surface area (Å²) in [6.45, 7) is 8.45. The van der Waals surface area contributed by atoms with Crippen LogP contribution in [0.2, 0.25) is 0 Å². The van der Waals surface area contributed by atoms with Crippen LogP contribution in [0.4, 0.5) is 5.69 Å². The molecule has 0 bridgehead atoms. The molecule has 0 saturated carbocycles. The van der Waals surface area contributed by atoms with E-state index in [-0.39, 0.29) is 5.91 Å². The van der Waals surface area contributed by atoms with E-state index in [0.717, 1.165) is 35.7 Å². The van der Waals surface area contributed by atoms with Crippen molar-refractivity contribution in [1.29, 1.82) is 0 Å². The van der Waals surface area contributed by atoms with Crippen LogP contribution in [-0.4, -0.2) is 37.0 Å². The van der Waals surface area contributed by atoms with E-state index in [2.05, 4.69) is 29.6 Å². The van der Waals surface area contributed by atoms with Gasteiger partial charge in [0.05, 0.1) is 13.2 Å². The number of nitrogens with zero attached hydrogens (tertiary/aromatic N) is 1. The first-order chi connectivity index (χ1) is 11.7. The molecule has 2 aromatic carbocycles. The van der Waals surface area contributed by atoms with Crippen molar-refractivity contribution < 1.29 is 9.53 Å². The van der Waals surface area contributed by atoms with Crippen molar-refractivity contribution in [1.82, 2.24) is 4.90 Å². The number of rotatable bonds is 8. The molecule has 0 spiro atoms. The third kappa shape index (κ3) is 4.75. The number of hydrogen-bond acceptors (Lipinski definition) is 3. The highest BCUT2D eigenvalue weighted by molar-refractivity contribution is 5.81. The molecule has 0 atom stereocenters. The molecule has 0 saturated heterocycles. The van der Waals surface area contributed by atoms with Crippen LogP contribution in [0.1, 0.15) is 20.8 Å². The van der Waals surface area contributed by atoms with Gasteiger partial charge in [0.15, 0.2) is 0 Å². The summed E-state index contributed by atoms with van der Waals surface area (Å²) in [7, 11) is 0. The minimum atomic E-state index is 0.121. The topological polar surface area (TPSA) is 41.6 Å². The molecule has 0 aliphatic rings. The van der Waals surface area contributed by atoms with Gasteiger partial charge in [-0.2, -0.15) is 0 Å². The maximum Gasteiger partial charge on any atom is 0.241 e. The molecule has 2 rings (SSSR count). The minimum Gasteiger partial charge on any atom is -0.494 e. The van der Waals surface area contributed by atoms with Crippen LogP contribution in [0.15, 0.2) is 48.5 Å². The van der Waals surface area contributed by atoms with E-state index in [4.69, 9.17) is 4.74 Å². The third-order valence-corrected chi connectivity index (χ3v) is 3.94. The monoisotopic (exact) mass is 326 g/mol. The number of amides is 1. The molecule has 0 fully saturated rings. The van der Waals surface area contributed by atoms with Crippen LogP contribution < -0.4 is 10.1 Å². The lowest BCUT2D eigenvalue weighted by molar-refractivity contribution is -0.128. The standard InChI is InChI=1S/C20H26N2O2/c1-4-22(5-2)20(23)15-21-18-11-7-16(8-12-18)17-9-13-19(14-10-17)24-6-3/h7-14,21H,4-6,15H2,1-3H3. The highest BCUT2D eigenvalue weighted by atomic mass is 16.5. The van der Waals surface area contributed by atoms with E-state index in [1.54, 1.807) is 0 Å². The molecule has 0 radical (unpaired) electrons. The predicted molar refractivity (Wildman–Crippen MR) is 99.5 cm³/mol. The normalized spacial score (nSPS) is 10.3. The molecule has 1 amide bonds. The fourth-order valence-electron chi connectivity index (χ4n) is 2.56. The summed E-state index contributed by atoms with van der Waals surface area (Å²) in [5, 5.41) is 3.19. The lowest BCUT2D eigenvalue weighted by Crippen LogP contribution is -2.35. The van der Waals surface area contributed by atoms with Gasteiger partial charge in [0, 0.05) is 18.8 Å². The van der Waals surface area contributed by atoms with Crippen molar-refractivity contribution in [3.8, 4) is 16.9 Å². The Morgan fingerprint density at radius 2 is 1.46 bits per heavy atom. The quantitative estimate of drug-likeness (QED) is 0.796. The van der Waals surface area contributed by atoms with Crippen molar-refractivity contribution >= 4 is 11.6 Å². The maximum atomic E-state index is 12.0. The average molecular weight is 326 g/mol. The number of anilines is 1. The Morgan fingerprint density at radius 1 is 0.917 bits per heavy atom. The second-order valence-corrected chi connectivity index (χ2v) is 5.45. The van der Waals surface area contributed by atoms with Crippen LogP contribution in [0.3, 0.4) is 0 Å². The van der Waals surface area contributed by atoms with Crippen LogP contribution in [0, 0.1) is 0 Å². The zero-order valence-electron chi connectivity index (χ0n) is 14.7. The van der Waals surface area contributed by atoms with Crippen molar-refractivity contribution in [3.63, 3.8) is 0 Å². The van der Waals surface area contributed by atoms with Crippen LogP contribution in [0.5, 0.6) is 5.75 Å². The Balaban J connectivity index is 1.96. The molecule has 0 heterocycles. The molecule has 2 aromatic rings. The molecule has 0 aliphatic carbocycles. The van der Waals surface area contributed by atoms with Crippen molar-refractivity contribution in [3.05, 3.63) is 48.5 Å². The first kappa shape index (κ1) is 17.9. The van der Waals surface area contributed by atoms with E-state index in [1.807, 2.05) is 49.9 Å². The van der Waals surface area contributed by atoms with Crippen molar-refractivity contribution in [2.24, 2.45) is 0 Å². The molecule has 128 valence electrons. The van der Waals surface area contributed by atoms with Gasteiger partial charge in [0.2, 0.25) is 5.91 Å². The summed E-state index contributed by atoms with van der Waals surface area (Å²) in [5.41, 5.74) is 3.23. The molecule has 24 heavy (non-hydrogen) atoms. The predicted octanol–water partition coefficient (Wildman–Crippen LogP) is 4.03. The molecular weight excluding hydrogens is 300 g/mol.